The molecule has 0 aliphatic rings. The Kier molecular flexibility index (Phi) is 37.0. The number of hydrogen-bond acceptors (Lipinski definition) is 6. The van der Waals surface area contributed by atoms with Gasteiger partial charge in [-0.2, -0.15) is 0 Å². The Morgan fingerprint density at radius 2 is 0.639 bits per heavy atom. The van der Waals surface area contributed by atoms with Gasteiger partial charge in [-0.3, -0.25) is 9.59 Å². The molecule has 36 heavy (non-hydrogen) atoms. The molecule has 0 spiro atoms. The number of esters is 2. The smallest absolute Gasteiger partial charge is 0.305 e. The second-order valence-electron chi connectivity index (χ2n) is 10.0. The van der Waals surface area contributed by atoms with E-state index in [2.05, 4.69) is 13.8 Å². The van der Waals surface area contributed by atoms with Crippen LogP contribution >= 0.6 is 0 Å². The number of hydrogen-bond donors (Lipinski definition) is 2. The molecule has 6 heteroatoms. The van der Waals surface area contributed by atoms with Crippen LogP contribution in [0.3, 0.4) is 0 Å². The fourth-order valence-corrected chi connectivity index (χ4v) is 4.23. The normalized spacial score (nSPS) is 10.4. The molecular formula is C30H64N2O4. The van der Waals surface area contributed by atoms with Gasteiger partial charge in [0.15, 0.2) is 0 Å². The first-order valence-corrected chi connectivity index (χ1v) is 15.0. The van der Waals surface area contributed by atoms with E-state index in [0.29, 0.717) is 26.1 Å². The van der Waals surface area contributed by atoms with E-state index < -0.39 is 0 Å². The Balaban J connectivity index is -0.00000544. The van der Waals surface area contributed by atoms with E-state index in [1.54, 1.807) is 0 Å². The van der Waals surface area contributed by atoms with E-state index in [4.69, 9.17) is 9.47 Å². The zero-order valence-electron chi connectivity index (χ0n) is 24.4. The summed E-state index contributed by atoms with van der Waals surface area (Å²) in [6.45, 7) is 5.54. The lowest BCUT2D eigenvalue weighted by Gasteiger charge is -2.06. The van der Waals surface area contributed by atoms with Crippen LogP contribution in [0.4, 0.5) is 0 Å². The van der Waals surface area contributed by atoms with Gasteiger partial charge in [0, 0.05) is 12.8 Å². The first kappa shape index (κ1) is 39.4. The van der Waals surface area contributed by atoms with Crippen LogP contribution in [-0.4, -0.2) is 25.2 Å². The SMILES string of the molecule is CCCCCCCCCCCC(=O)OCCCCCCOC(=O)CCCCCCCCCCC.N.N. The number of rotatable bonds is 27. The number of unbranched alkanes of at least 4 members (excludes halogenated alkanes) is 19. The van der Waals surface area contributed by atoms with Crippen LogP contribution in [0.15, 0.2) is 0 Å². The number of carbonyl (C=O) groups is 2. The molecule has 0 atom stereocenters. The summed E-state index contributed by atoms with van der Waals surface area (Å²) in [6.07, 6.45) is 27.7. The molecule has 0 radical (unpaired) electrons. The maximum Gasteiger partial charge on any atom is 0.305 e. The summed E-state index contributed by atoms with van der Waals surface area (Å²) in [6, 6.07) is 0. The molecule has 6 nitrogen and oxygen atoms in total. The molecule has 0 fully saturated rings. The van der Waals surface area contributed by atoms with E-state index >= 15 is 0 Å². The molecular weight excluding hydrogens is 452 g/mol. The van der Waals surface area contributed by atoms with Crippen molar-refractivity contribution in [1.82, 2.24) is 12.3 Å². The Labute approximate surface area is 224 Å². The predicted octanol–water partition coefficient (Wildman–Crippen LogP) is 9.80. The summed E-state index contributed by atoms with van der Waals surface area (Å²) >= 11 is 0. The monoisotopic (exact) mass is 516 g/mol. The molecule has 0 unspecified atom stereocenters. The minimum atomic E-state index is -0.0478. The highest BCUT2D eigenvalue weighted by molar-refractivity contribution is 5.69. The zero-order chi connectivity index (χ0) is 25.0. The summed E-state index contributed by atoms with van der Waals surface area (Å²) in [5.74, 6) is -0.0956. The fourth-order valence-electron chi connectivity index (χ4n) is 4.23. The highest BCUT2D eigenvalue weighted by atomic mass is 16.5. The van der Waals surface area contributed by atoms with E-state index in [1.165, 1.54) is 89.9 Å². The third-order valence-corrected chi connectivity index (χ3v) is 6.53. The highest BCUT2D eigenvalue weighted by Crippen LogP contribution is 2.12. The van der Waals surface area contributed by atoms with Crippen LogP contribution in [0.25, 0.3) is 0 Å². The Hall–Kier alpha value is -1.14. The van der Waals surface area contributed by atoms with Crippen molar-refractivity contribution in [3.8, 4) is 0 Å². The second-order valence-corrected chi connectivity index (χ2v) is 10.0. The van der Waals surface area contributed by atoms with Crippen molar-refractivity contribution in [2.24, 2.45) is 0 Å². The molecule has 0 saturated carbocycles. The summed E-state index contributed by atoms with van der Waals surface area (Å²) in [5.41, 5.74) is 0. The van der Waals surface area contributed by atoms with Gasteiger partial charge in [0.2, 0.25) is 0 Å². The molecule has 0 aromatic rings. The quantitative estimate of drug-likeness (QED) is 0.0827. The topological polar surface area (TPSA) is 123 Å². The number of ether oxygens (including phenoxy) is 2. The van der Waals surface area contributed by atoms with Crippen LogP contribution in [0.1, 0.15) is 168 Å². The third kappa shape index (κ3) is 32.9. The Morgan fingerprint density at radius 3 is 0.944 bits per heavy atom. The lowest BCUT2D eigenvalue weighted by molar-refractivity contribution is -0.145. The molecule has 0 aliphatic heterocycles. The molecule has 0 aliphatic carbocycles. The third-order valence-electron chi connectivity index (χ3n) is 6.53. The van der Waals surface area contributed by atoms with Gasteiger partial charge < -0.3 is 21.8 Å². The minimum absolute atomic E-state index is 0. The maximum atomic E-state index is 11.8. The van der Waals surface area contributed by atoms with Gasteiger partial charge in [-0.15, -0.1) is 0 Å². The molecule has 0 heterocycles. The molecule has 0 saturated heterocycles. The van der Waals surface area contributed by atoms with E-state index in [9.17, 15) is 9.59 Å². The van der Waals surface area contributed by atoms with Crippen molar-refractivity contribution in [2.45, 2.75) is 168 Å². The zero-order valence-corrected chi connectivity index (χ0v) is 24.4. The van der Waals surface area contributed by atoms with Crippen LogP contribution in [0.5, 0.6) is 0 Å². The van der Waals surface area contributed by atoms with Gasteiger partial charge in [-0.05, 0) is 38.5 Å². The van der Waals surface area contributed by atoms with Gasteiger partial charge in [-0.25, -0.2) is 0 Å². The summed E-state index contributed by atoms with van der Waals surface area (Å²) in [4.78, 5) is 23.6. The van der Waals surface area contributed by atoms with E-state index in [-0.39, 0.29) is 24.2 Å². The predicted molar refractivity (Wildman–Crippen MR) is 154 cm³/mol. The van der Waals surface area contributed by atoms with Crippen LogP contribution in [0, 0.1) is 0 Å². The standard InChI is InChI=1S/C30H58O4.2H3N/c1-3-5-7-9-11-13-15-17-21-25-29(31)33-27-23-19-20-24-28-34-30(32)26-22-18-16-14-12-10-8-6-4-2;;/h3-28H2,1-2H3;2*1H3. The van der Waals surface area contributed by atoms with Crippen molar-refractivity contribution in [3.63, 3.8) is 0 Å². The Morgan fingerprint density at radius 1 is 0.389 bits per heavy atom. The molecule has 0 aromatic heterocycles. The molecule has 218 valence electrons. The van der Waals surface area contributed by atoms with Gasteiger partial charge in [-0.1, -0.05) is 117 Å². The molecule has 6 N–H and O–H groups in total. The first-order valence-electron chi connectivity index (χ1n) is 15.0. The van der Waals surface area contributed by atoms with Crippen LogP contribution < -0.4 is 12.3 Å². The van der Waals surface area contributed by atoms with E-state index in [1.807, 2.05) is 0 Å². The van der Waals surface area contributed by atoms with Crippen molar-refractivity contribution >= 4 is 11.9 Å². The highest BCUT2D eigenvalue weighted by Gasteiger charge is 2.04. The van der Waals surface area contributed by atoms with Crippen LogP contribution in [-0.2, 0) is 19.1 Å². The van der Waals surface area contributed by atoms with E-state index in [0.717, 1.165) is 51.4 Å². The average Bonchev–Trinajstić information content (AvgIpc) is 2.83. The summed E-state index contributed by atoms with van der Waals surface area (Å²) < 4.78 is 10.7. The average molecular weight is 517 g/mol. The van der Waals surface area contributed by atoms with Gasteiger partial charge >= 0.3 is 11.9 Å². The van der Waals surface area contributed by atoms with Crippen molar-refractivity contribution < 1.29 is 19.1 Å². The fraction of sp³-hybridized carbons (Fsp3) is 0.933. The second kappa shape index (κ2) is 33.9. The van der Waals surface area contributed by atoms with Gasteiger partial charge in [0.05, 0.1) is 13.2 Å². The Bertz CT molecular complexity index is 407. The lowest BCUT2D eigenvalue weighted by atomic mass is 10.1. The van der Waals surface area contributed by atoms with Gasteiger partial charge in [0.1, 0.15) is 0 Å². The maximum absolute atomic E-state index is 11.8. The first-order chi connectivity index (χ1) is 16.7. The number of carbonyl (C=O) groups excluding carboxylic acids is 2. The lowest BCUT2D eigenvalue weighted by Crippen LogP contribution is -2.07. The van der Waals surface area contributed by atoms with Crippen LogP contribution in [0.2, 0.25) is 0 Å². The molecule has 0 bridgehead atoms. The minimum Gasteiger partial charge on any atom is -0.466 e. The summed E-state index contributed by atoms with van der Waals surface area (Å²) in [7, 11) is 0. The van der Waals surface area contributed by atoms with Crippen molar-refractivity contribution in [3.05, 3.63) is 0 Å². The molecule has 0 rings (SSSR count). The molecule has 0 aromatic carbocycles. The largest absolute Gasteiger partial charge is 0.466 e. The molecule has 0 amide bonds. The van der Waals surface area contributed by atoms with Gasteiger partial charge in [0.25, 0.3) is 0 Å². The van der Waals surface area contributed by atoms with Crippen molar-refractivity contribution in [2.75, 3.05) is 13.2 Å². The summed E-state index contributed by atoms with van der Waals surface area (Å²) in [5, 5.41) is 0. The van der Waals surface area contributed by atoms with Crippen molar-refractivity contribution in [1.29, 1.82) is 0 Å².